The third-order valence-corrected chi connectivity index (χ3v) is 0.167. The molecule has 0 aromatic heterocycles. The SMILES string of the molecule is [C-]1O[C-]O1. The van der Waals surface area contributed by atoms with E-state index in [9.17, 15) is 0 Å². The summed E-state index contributed by atoms with van der Waals surface area (Å²) in [6, 6.07) is 0. The van der Waals surface area contributed by atoms with E-state index < -0.39 is 0 Å². The maximum Gasteiger partial charge on any atom is -0.282 e. The summed E-state index contributed by atoms with van der Waals surface area (Å²) in [6.07, 6.45) is 0. The molecule has 1 rings (SSSR count). The molecular formula is C2O2-2. The van der Waals surface area contributed by atoms with Gasteiger partial charge in [0.25, 0.3) is 0 Å². The summed E-state index contributed by atoms with van der Waals surface area (Å²) in [5, 5.41) is 0. The van der Waals surface area contributed by atoms with Gasteiger partial charge in [0.05, 0.1) is 0 Å². The second kappa shape index (κ2) is 0.701. The Labute approximate surface area is 24.3 Å². The van der Waals surface area contributed by atoms with Crippen LogP contribution in [0, 0.1) is 13.6 Å². The zero-order valence-electron chi connectivity index (χ0n) is 1.82. The van der Waals surface area contributed by atoms with E-state index in [0.29, 0.717) is 0 Å². The molecule has 0 aliphatic carbocycles. The van der Waals surface area contributed by atoms with Gasteiger partial charge in [0.2, 0.25) is 0 Å². The topological polar surface area (TPSA) is 18.5 Å². The molecule has 4 heavy (non-hydrogen) atoms. The van der Waals surface area contributed by atoms with Crippen LogP contribution in [0.15, 0.2) is 0 Å². The third kappa shape index (κ3) is 0.106. The highest BCUT2D eigenvalue weighted by atomic mass is 16.8. The first-order valence-corrected chi connectivity index (χ1v) is 0.816. The lowest BCUT2D eigenvalue weighted by Crippen LogP contribution is -1.99. The highest BCUT2D eigenvalue weighted by Gasteiger charge is 1.51. The van der Waals surface area contributed by atoms with Crippen molar-refractivity contribution >= 4 is 0 Å². The molecule has 1 aliphatic heterocycles. The maximum absolute atomic E-state index is 4.00. The van der Waals surface area contributed by atoms with Crippen LogP contribution in [-0.2, 0) is 9.47 Å². The number of hydrogen-bond acceptors (Lipinski definition) is 2. The molecule has 0 saturated carbocycles. The van der Waals surface area contributed by atoms with E-state index in [1.165, 1.54) is 0 Å². The van der Waals surface area contributed by atoms with Gasteiger partial charge in [0.15, 0.2) is 0 Å². The summed E-state index contributed by atoms with van der Waals surface area (Å²) in [7, 11) is 0. The van der Waals surface area contributed by atoms with E-state index in [4.69, 9.17) is 0 Å². The fraction of sp³-hybridized carbons (Fsp3) is 0. The van der Waals surface area contributed by atoms with Crippen molar-refractivity contribution in [3.8, 4) is 0 Å². The molecule has 0 spiro atoms. The van der Waals surface area contributed by atoms with Crippen LogP contribution in [0.1, 0.15) is 0 Å². The predicted octanol–water partition coefficient (Wildman–Crippen LogP) is 0.0258. The van der Waals surface area contributed by atoms with Crippen LogP contribution in [0.4, 0.5) is 0 Å². The van der Waals surface area contributed by atoms with Crippen LogP contribution in [0.3, 0.4) is 0 Å². The lowest BCUT2D eigenvalue weighted by molar-refractivity contribution is -0.107. The lowest BCUT2D eigenvalue weighted by atomic mass is 11.2. The zero-order valence-corrected chi connectivity index (χ0v) is 1.82. The molecule has 2 heteroatoms. The minimum absolute atomic E-state index is 2.00. The molecule has 1 aliphatic rings. The summed E-state index contributed by atoms with van der Waals surface area (Å²) in [5.74, 6) is 0. The normalized spacial score (nSPS) is 24.0. The fourth-order valence-electron chi connectivity index (χ4n) is 0.0417. The summed E-state index contributed by atoms with van der Waals surface area (Å²) in [4.78, 5) is 0. The standard InChI is InChI=1S/C2O2/c1-3-2-4-1/q-2. The summed E-state index contributed by atoms with van der Waals surface area (Å²) in [5.41, 5.74) is 0. The molecule has 1 fully saturated rings. The molecular weight excluding hydrogens is 56.0 g/mol. The van der Waals surface area contributed by atoms with E-state index in [1.54, 1.807) is 0 Å². The molecule has 0 N–H and O–H groups in total. The molecule has 22 valence electrons. The van der Waals surface area contributed by atoms with Gasteiger partial charge in [0.1, 0.15) is 0 Å². The highest BCUT2D eigenvalue weighted by Crippen LogP contribution is 2.01. The highest BCUT2D eigenvalue weighted by molar-refractivity contribution is 4.44. The molecule has 0 unspecified atom stereocenters. The van der Waals surface area contributed by atoms with Gasteiger partial charge in [-0.25, -0.2) is 0 Å². The average molecular weight is 56.0 g/mol. The third-order valence-electron chi connectivity index (χ3n) is 0.167. The number of ether oxygens (including phenoxy) is 2. The van der Waals surface area contributed by atoms with Crippen LogP contribution in [0.5, 0.6) is 0 Å². The van der Waals surface area contributed by atoms with Gasteiger partial charge in [0, 0.05) is 0 Å². The van der Waals surface area contributed by atoms with E-state index in [2.05, 4.69) is 9.47 Å². The predicted molar refractivity (Wildman–Crippen MR) is 8.66 cm³/mol. The first-order valence-electron chi connectivity index (χ1n) is 0.816. The van der Waals surface area contributed by atoms with E-state index >= 15 is 0 Å². The fourth-order valence-corrected chi connectivity index (χ4v) is 0.0417. The van der Waals surface area contributed by atoms with Gasteiger partial charge in [-0.2, -0.15) is 0 Å². The van der Waals surface area contributed by atoms with Crippen molar-refractivity contribution in [2.24, 2.45) is 0 Å². The van der Waals surface area contributed by atoms with Crippen molar-refractivity contribution in [1.29, 1.82) is 0 Å². The van der Waals surface area contributed by atoms with Crippen molar-refractivity contribution in [2.45, 2.75) is 0 Å². The molecule has 2 nitrogen and oxygen atoms in total. The van der Waals surface area contributed by atoms with Crippen molar-refractivity contribution in [1.82, 2.24) is 0 Å². The Hall–Kier alpha value is -0.0800. The quantitative estimate of drug-likeness (QED) is 0.364. The van der Waals surface area contributed by atoms with E-state index in [-0.39, 0.29) is 0 Å². The minimum atomic E-state index is 2.00. The number of rotatable bonds is 0. The monoisotopic (exact) mass is 56.0 g/mol. The van der Waals surface area contributed by atoms with Gasteiger partial charge in [-0.05, 0) is 0 Å². The Bertz CT molecular complexity index is 12.0. The van der Waals surface area contributed by atoms with Crippen LogP contribution in [0.25, 0.3) is 0 Å². The molecule has 0 aromatic rings. The first kappa shape index (κ1) is 2.18. The largest absolute Gasteiger partial charge is 0.718 e. The summed E-state index contributed by atoms with van der Waals surface area (Å²) < 4.78 is 8.00. The smallest absolute Gasteiger partial charge is 0.282 e. The lowest BCUT2D eigenvalue weighted by Gasteiger charge is -2.51. The Morgan fingerprint density at radius 2 is 1.25 bits per heavy atom. The van der Waals surface area contributed by atoms with Gasteiger partial charge in [-0.1, -0.05) is 0 Å². The second-order valence-corrected chi connectivity index (χ2v) is 0.371. The molecule has 0 amide bonds. The molecule has 1 heterocycles. The second-order valence-electron chi connectivity index (χ2n) is 0.371. The first-order chi connectivity index (χ1) is 2.00. The van der Waals surface area contributed by atoms with Gasteiger partial charge in [-0.15, -0.1) is 0 Å². The summed E-state index contributed by atoms with van der Waals surface area (Å²) in [6.45, 7) is 4.00. The van der Waals surface area contributed by atoms with Crippen molar-refractivity contribution in [3.05, 3.63) is 13.6 Å². The molecule has 1 saturated heterocycles. The van der Waals surface area contributed by atoms with Crippen LogP contribution in [-0.4, -0.2) is 0 Å². The summed E-state index contributed by atoms with van der Waals surface area (Å²) >= 11 is 0. The maximum atomic E-state index is 4.00. The Morgan fingerprint density at radius 3 is 1.25 bits per heavy atom. The minimum Gasteiger partial charge on any atom is -0.718 e. The Kier molecular flexibility index (Phi) is 0.381. The van der Waals surface area contributed by atoms with E-state index in [0.717, 1.165) is 0 Å². The molecule has 0 bridgehead atoms. The Morgan fingerprint density at radius 1 is 1.00 bits per heavy atom. The van der Waals surface area contributed by atoms with Crippen molar-refractivity contribution in [3.63, 3.8) is 0 Å². The molecule has 2 radical (unpaired) electrons. The average Bonchev–Trinajstić information content (AvgIpc) is 0.722. The van der Waals surface area contributed by atoms with Gasteiger partial charge < -0.3 is 9.47 Å². The van der Waals surface area contributed by atoms with E-state index in [1.807, 2.05) is 13.6 Å². The zero-order chi connectivity index (χ0) is 2.83. The Balaban J connectivity index is 2.00. The molecule has 0 aromatic carbocycles. The van der Waals surface area contributed by atoms with Crippen LogP contribution < -0.4 is 0 Å². The van der Waals surface area contributed by atoms with Crippen molar-refractivity contribution in [2.75, 3.05) is 0 Å². The van der Waals surface area contributed by atoms with Gasteiger partial charge >= 0.3 is 0 Å². The van der Waals surface area contributed by atoms with Crippen LogP contribution >= 0.6 is 0 Å². The van der Waals surface area contributed by atoms with Crippen molar-refractivity contribution < 1.29 is 9.47 Å². The van der Waals surface area contributed by atoms with Crippen LogP contribution in [0.2, 0.25) is 0 Å². The van der Waals surface area contributed by atoms with Gasteiger partial charge in [-0.3, -0.25) is 13.6 Å². The molecule has 0 atom stereocenters. The number of hydrogen-bond donors (Lipinski definition) is 0.